The number of ether oxygens (including phenoxy) is 1. The largest absolute Gasteiger partial charge is 0.491 e. The molecular weight excluding hydrogens is 262 g/mol. The Balaban J connectivity index is 3.05. The molecule has 0 unspecified atom stereocenters. The van der Waals surface area contributed by atoms with Crippen molar-refractivity contribution in [3.05, 3.63) is 33.9 Å². The summed E-state index contributed by atoms with van der Waals surface area (Å²) in [5.41, 5.74) is 0.737. The molecular formula is C10H12BrNO3. The zero-order valence-corrected chi connectivity index (χ0v) is 10.2. The third-order valence-electron chi connectivity index (χ3n) is 1.77. The molecule has 0 heterocycles. The lowest BCUT2D eigenvalue weighted by Crippen LogP contribution is -2.06. The van der Waals surface area contributed by atoms with E-state index in [1.807, 2.05) is 13.8 Å². The van der Waals surface area contributed by atoms with Gasteiger partial charge in [0, 0.05) is 10.9 Å². The van der Waals surface area contributed by atoms with Crippen LogP contribution in [0.3, 0.4) is 0 Å². The fraction of sp³-hybridized carbons (Fsp3) is 0.400. The summed E-state index contributed by atoms with van der Waals surface area (Å²) in [6, 6.07) is 4.89. The zero-order chi connectivity index (χ0) is 11.4. The molecule has 1 aromatic rings. The summed E-state index contributed by atoms with van der Waals surface area (Å²) in [5.74, 6) is 0.529. The van der Waals surface area contributed by atoms with Gasteiger partial charge in [0.2, 0.25) is 0 Å². The van der Waals surface area contributed by atoms with E-state index in [-0.39, 0.29) is 11.8 Å². The van der Waals surface area contributed by atoms with Crippen LogP contribution >= 0.6 is 15.9 Å². The zero-order valence-electron chi connectivity index (χ0n) is 8.57. The van der Waals surface area contributed by atoms with E-state index in [9.17, 15) is 10.1 Å². The quantitative estimate of drug-likeness (QED) is 0.481. The Morgan fingerprint density at radius 1 is 1.53 bits per heavy atom. The number of benzene rings is 1. The number of hydrogen-bond donors (Lipinski definition) is 0. The summed E-state index contributed by atoms with van der Waals surface area (Å²) < 4.78 is 5.38. The van der Waals surface area contributed by atoms with Gasteiger partial charge < -0.3 is 4.74 Å². The van der Waals surface area contributed by atoms with Gasteiger partial charge in [-0.1, -0.05) is 15.9 Å². The summed E-state index contributed by atoms with van der Waals surface area (Å²) in [5, 5.41) is 11.2. The van der Waals surface area contributed by atoms with E-state index >= 15 is 0 Å². The van der Waals surface area contributed by atoms with E-state index in [0.29, 0.717) is 16.6 Å². The Morgan fingerprint density at radius 2 is 2.20 bits per heavy atom. The Morgan fingerprint density at radius 3 is 2.67 bits per heavy atom. The first-order valence-electron chi connectivity index (χ1n) is 4.54. The topological polar surface area (TPSA) is 52.4 Å². The highest BCUT2D eigenvalue weighted by Crippen LogP contribution is 2.26. The monoisotopic (exact) mass is 273 g/mol. The molecule has 4 nitrogen and oxygen atoms in total. The van der Waals surface area contributed by atoms with Crippen LogP contribution in [-0.2, 0) is 5.33 Å². The molecule has 15 heavy (non-hydrogen) atoms. The standard InChI is InChI=1S/C10H12BrNO3/c1-7(2)15-9-4-3-8(6-11)10(5-9)12(13)14/h3-5,7H,6H2,1-2H3. The van der Waals surface area contributed by atoms with Crippen LogP contribution in [-0.4, -0.2) is 11.0 Å². The van der Waals surface area contributed by atoms with Crippen molar-refractivity contribution in [2.24, 2.45) is 0 Å². The summed E-state index contributed by atoms with van der Waals surface area (Å²) in [6.45, 7) is 3.76. The minimum Gasteiger partial charge on any atom is -0.491 e. The van der Waals surface area contributed by atoms with Crippen LogP contribution < -0.4 is 4.74 Å². The van der Waals surface area contributed by atoms with Crippen molar-refractivity contribution in [1.29, 1.82) is 0 Å². The first-order valence-corrected chi connectivity index (χ1v) is 5.66. The van der Waals surface area contributed by atoms with Crippen LogP contribution in [0.25, 0.3) is 0 Å². The van der Waals surface area contributed by atoms with Crippen LogP contribution in [0.4, 0.5) is 5.69 Å². The first-order chi connectivity index (χ1) is 7.04. The Hall–Kier alpha value is -1.10. The van der Waals surface area contributed by atoms with Crippen molar-refractivity contribution in [1.82, 2.24) is 0 Å². The molecule has 0 aliphatic heterocycles. The molecule has 5 heteroatoms. The second kappa shape index (κ2) is 5.11. The molecule has 0 N–H and O–H groups in total. The highest BCUT2D eigenvalue weighted by atomic mass is 79.9. The summed E-state index contributed by atoms with van der Waals surface area (Å²) in [7, 11) is 0. The molecule has 0 saturated heterocycles. The molecule has 0 bridgehead atoms. The van der Waals surface area contributed by atoms with E-state index in [1.54, 1.807) is 12.1 Å². The lowest BCUT2D eigenvalue weighted by atomic mass is 10.2. The van der Waals surface area contributed by atoms with Gasteiger partial charge in [-0.2, -0.15) is 0 Å². The maximum Gasteiger partial charge on any atom is 0.277 e. The van der Waals surface area contributed by atoms with Crippen molar-refractivity contribution < 1.29 is 9.66 Å². The summed E-state index contributed by atoms with van der Waals surface area (Å²) >= 11 is 3.21. The van der Waals surface area contributed by atoms with Crippen molar-refractivity contribution in [3.63, 3.8) is 0 Å². The van der Waals surface area contributed by atoms with Gasteiger partial charge in [-0.15, -0.1) is 0 Å². The predicted molar refractivity (Wildman–Crippen MR) is 61.5 cm³/mol. The molecule has 0 aliphatic rings. The second-order valence-electron chi connectivity index (χ2n) is 3.35. The molecule has 0 amide bonds. The smallest absolute Gasteiger partial charge is 0.277 e. The van der Waals surface area contributed by atoms with Crippen LogP contribution in [0.1, 0.15) is 19.4 Å². The molecule has 1 aromatic carbocycles. The molecule has 82 valence electrons. The predicted octanol–water partition coefficient (Wildman–Crippen LogP) is 3.28. The van der Waals surface area contributed by atoms with Crippen molar-refractivity contribution >= 4 is 21.6 Å². The van der Waals surface area contributed by atoms with Gasteiger partial charge in [0.25, 0.3) is 5.69 Å². The minimum absolute atomic E-state index is 0.0134. The number of nitrogens with zero attached hydrogens (tertiary/aromatic N) is 1. The van der Waals surface area contributed by atoms with Crippen LogP contribution in [0.2, 0.25) is 0 Å². The maximum atomic E-state index is 10.7. The van der Waals surface area contributed by atoms with Crippen LogP contribution in [0.15, 0.2) is 18.2 Å². The Kier molecular flexibility index (Phi) is 4.08. The molecule has 0 saturated carbocycles. The van der Waals surface area contributed by atoms with E-state index in [1.165, 1.54) is 6.07 Å². The fourth-order valence-electron chi connectivity index (χ4n) is 1.17. The number of nitro groups is 1. The highest BCUT2D eigenvalue weighted by Gasteiger charge is 2.14. The van der Waals surface area contributed by atoms with Gasteiger partial charge >= 0.3 is 0 Å². The van der Waals surface area contributed by atoms with E-state index in [2.05, 4.69) is 15.9 Å². The highest BCUT2D eigenvalue weighted by molar-refractivity contribution is 9.08. The lowest BCUT2D eigenvalue weighted by molar-refractivity contribution is -0.385. The SMILES string of the molecule is CC(C)Oc1ccc(CBr)c([N+](=O)[O-])c1. The number of halogens is 1. The Labute approximate surface area is 96.5 Å². The van der Waals surface area contributed by atoms with Gasteiger partial charge in [-0.25, -0.2) is 0 Å². The molecule has 0 aliphatic carbocycles. The maximum absolute atomic E-state index is 10.7. The minimum atomic E-state index is -0.399. The lowest BCUT2D eigenvalue weighted by Gasteiger charge is -2.09. The Bertz CT molecular complexity index is 366. The average Bonchev–Trinajstić information content (AvgIpc) is 2.16. The van der Waals surface area contributed by atoms with E-state index in [4.69, 9.17) is 4.74 Å². The van der Waals surface area contributed by atoms with Gasteiger partial charge in [0.1, 0.15) is 5.75 Å². The molecule has 0 atom stereocenters. The number of rotatable bonds is 4. The third kappa shape index (κ3) is 3.20. The average molecular weight is 274 g/mol. The van der Waals surface area contributed by atoms with E-state index < -0.39 is 4.92 Å². The second-order valence-corrected chi connectivity index (χ2v) is 3.91. The first kappa shape index (κ1) is 12.0. The van der Waals surface area contributed by atoms with Crippen molar-refractivity contribution in [3.8, 4) is 5.75 Å². The van der Waals surface area contributed by atoms with Crippen molar-refractivity contribution in [2.45, 2.75) is 25.3 Å². The number of nitro benzene ring substituents is 1. The molecule has 0 spiro atoms. The van der Waals surface area contributed by atoms with E-state index in [0.717, 1.165) is 0 Å². The van der Waals surface area contributed by atoms with Gasteiger partial charge in [-0.05, 0) is 26.0 Å². The summed E-state index contributed by atoms with van der Waals surface area (Å²) in [4.78, 5) is 10.3. The normalized spacial score (nSPS) is 10.4. The van der Waals surface area contributed by atoms with Crippen LogP contribution in [0, 0.1) is 10.1 Å². The molecule has 0 fully saturated rings. The van der Waals surface area contributed by atoms with Gasteiger partial charge in [0.15, 0.2) is 0 Å². The van der Waals surface area contributed by atoms with Crippen molar-refractivity contribution in [2.75, 3.05) is 0 Å². The number of hydrogen-bond acceptors (Lipinski definition) is 3. The molecule has 0 aromatic heterocycles. The molecule has 0 radical (unpaired) electrons. The summed E-state index contributed by atoms with van der Waals surface area (Å²) in [6.07, 6.45) is 0.0134. The van der Waals surface area contributed by atoms with Crippen LogP contribution in [0.5, 0.6) is 5.75 Å². The number of alkyl halides is 1. The molecule has 1 rings (SSSR count). The van der Waals surface area contributed by atoms with Gasteiger partial charge in [-0.3, -0.25) is 10.1 Å². The third-order valence-corrected chi connectivity index (χ3v) is 2.37. The fourth-order valence-corrected chi connectivity index (χ4v) is 1.65. The van der Waals surface area contributed by atoms with Gasteiger partial charge in [0.05, 0.1) is 17.1 Å².